The van der Waals surface area contributed by atoms with Gasteiger partial charge in [-0.25, -0.2) is 0 Å². The van der Waals surface area contributed by atoms with Crippen LogP contribution in [0.5, 0.6) is 0 Å². The molecule has 0 aliphatic rings. The molecule has 0 aliphatic carbocycles. The molecule has 0 unspecified atom stereocenters. The van der Waals surface area contributed by atoms with Crippen LogP contribution in [0.2, 0.25) is 0 Å². The number of halogens is 2. The summed E-state index contributed by atoms with van der Waals surface area (Å²) < 4.78 is 1.53. The smallest absolute Gasteiger partial charge is 0.293 e. The van der Waals surface area contributed by atoms with Gasteiger partial charge in [0.25, 0.3) is 5.69 Å². The van der Waals surface area contributed by atoms with Gasteiger partial charge in [0, 0.05) is 15.0 Å². The summed E-state index contributed by atoms with van der Waals surface area (Å²) in [6, 6.07) is 10.7. The number of anilines is 2. The van der Waals surface area contributed by atoms with Crippen LogP contribution >= 0.6 is 31.9 Å². The van der Waals surface area contributed by atoms with Gasteiger partial charge in [0.2, 0.25) is 0 Å². The number of nitro benzene ring substituents is 1. The fourth-order valence-electron chi connectivity index (χ4n) is 1.64. The average molecular weight is 386 g/mol. The molecule has 4 nitrogen and oxygen atoms in total. The first-order valence-electron chi connectivity index (χ1n) is 5.44. The van der Waals surface area contributed by atoms with Crippen molar-refractivity contribution < 1.29 is 4.92 Å². The highest BCUT2D eigenvalue weighted by Crippen LogP contribution is 2.33. The fourth-order valence-corrected chi connectivity index (χ4v) is 2.34. The zero-order valence-electron chi connectivity index (χ0n) is 9.98. The molecular weight excluding hydrogens is 376 g/mol. The summed E-state index contributed by atoms with van der Waals surface area (Å²) in [6.45, 7) is 1.97. The lowest BCUT2D eigenvalue weighted by Gasteiger charge is -2.10. The Kier molecular flexibility index (Phi) is 4.21. The molecule has 0 fully saturated rings. The average Bonchev–Trinajstić information content (AvgIpc) is 2.35. The van der Waals surface area contributed by atoms with E-state index in [-0.39, 0.29) is 5.69 Å². The van der Waals surface area contributed by atoms with Crippen LogP contribution in [0.1, 0.15) is 5.56 Å². The molecule has 98 valence electrons. The molecule has 0 saturated carbocycles. The second-order valence-electron chi connectivity index (χ2n) is 4.03. The molecule has 0 saturated heterocycles. The Labute approximate surface area is 127 Å². The SMILES string of the molecule is Cc1ccc(Br)c(Nc2ccc(Br)cc2[N+](=O)[O-])c1. The third-order valence-electron chi connectivity index (χ3n) is 2.55. The molecule has 0 radical (unpaired) electrons. The van der Waals surface area contributed by atoms with Gasteiger partial charge in [0.05, 0.1) is 10.6 Å². The van der Waals surface area contributed by atoms with E-state index in [1.807, 2.05) is 25.1 Å². The van der Waals surface area contributed by atoms with Crippen LogP contribution < -0.4 is 5.32 Å². The number of nitrogens with one attached hydrogen (secondary N) is 1. The predicted octanol–water partition coefficient (Wildman–Crippen LogP) is 5.17. The van der Waals surface area contributed by atoms with E-state index in [0.717, 1.165) is 15.7 Å². The summed E-state index contributed by atoms with van der Waals surface area (Å²) in [5.41, 5.74) is 2.36. The highest BCUT2D eigenvalue weighted by Gasteiger charge is 2.15. The van der Waals surface area contributed by atoms with Gasteiger partial charge < -0.3 is 5.32 Å². The Morgan fingerprint density at radius 3 is 2.53 bits per heavy atom. The molecule has 1 N–H and O–H groups in total. The lowest BCUT2D eigenvalue weighted by Crippen LogP contribution is -1.98. The van der Waals surface area contributed by atoms with Crippen molar-refractivity contribution in [3.8, 4) is 0 Å². The van der Waals surface area contributed by atoms with E-state index in [4.69, 9.17) is 0 Å². The third kappa shape index (κ3) is 3.33. The van der Waals surface area contributed by atoms with Crippen molar-refractivity contribution in [2.45, 2.75) is 6.92 Å². The van der Waals surface area contributed by atoms with E-state index < -0.39 is 4.92 Å². The van der Waals surface area contributed by atoms with Crippen LogP contribution in [0.4, 0.5) is 17.1 Å². The lowest BCUT2D eigenvalue weighted by molar-refractivity contribution is -0.384. The zero-order valence-corrected chi connectivity index (χ0v) is 13.2. The second kappa shape index (κ2) is 5.71. The number of hydrogen-bond acceptors (Lipinski definition) is 3. The molecule has 2 aromatic rings. The van der Waals surface area contributed by atoms with Gasteiger partial charge in [-0.2, -0.15) is 0 Å². The van der Waals surface area contributed by atoms with Crippen molar-refractivity contribution in [3.05, 3.63) is 61.0 Å². The van der Waals surface area contributed by atoms with Gasteiger partial charge in [0.15, 0.2) is 0 Å². The number of rotatable bonds is 3. The molecule has 0 spiro atoms. The molecule has 19 heavy (non-hydrogen) atoms. The van der Waals surface area contributed by atoms with Gasteiger partial charge in [-0.1, -0.05) is 22.0 Å². The molecule has 0 amide bonds. The molecule has 0 aliphatic heterocycles. The van der Waals surface area contributed by atoms with Gasteiger partial charge in [0.1, 0.15) is 5.69 Å². The maximum atomic E-state index is 11.0. The first-order chi connectivity index (χ1) is 8.97. The summed E-state index contributed by atoms with van der Waals surface area (Å²) in [6.07, 6.45) is 0. The minimum atomic E-state index is -0.406. The van der Waals surface area contributed by atoms with E-state index >= 15 is 0 Å². The Morgan fingerprint density at radius 1 is 1.11 bits per heavy atom. The van der Waals surface area contributed by atoms with Crippen molar-refractivity contribution in [1.82, 2.24) is 0 Å². The molecule has 0 bridgehead atoms. The topological polar surface area (TPSA) is 55.2 Å². The van der Waals surface area contributed by atoms with Crippen LogP contribution in [0.15, 0.2) is 45.3 Å². The van der Waals surface area contributed by atoms with E-state index in [1.165, 1.54) is 6.07 Å². The normalized spacial score (nSPS) is 10.3. The second-order valence-corrected chi connectivity index (χ2v) is 5.80. The highest BCUT2D eigenvalue weighted by molar-refractivity contribution is 9.10. The van der Waals surface area contributed by atoms with Crippen LogP contribution in [-0.2, 0) is 0 Å². The van der Waals surface area contributed by atoms with Crippen molar-refractivity contribution >= 4 is 48.9 Å². The van der Waals surface area contributed by atoms with Gasteiger partial charge >= 0.3 is 0 Å². The van der Waals surface area contributed by atoms with Gasteiger partial charge in [-0.15, -0.1) is 0 Å². The van der Waals surface area contributed by atoms with E-state index in [2.05, 4.69) is 37.2 Å². The number of aryl methyl sites for hydroxylation is 1. The Balaban J connectivity index is 2.43. The first kappa shape index (κ1) is 14.0. The first-order valence-corrected chi connectivity index (χ1v) is 7.03. The summed E-state index contributed by atoms with van der Waals surface area (Å²) in [4.78, 5) is 10.6. The van der Waals surface area contributed by atoms with Gasteiger partial charge in [-0.05, 0) is 52.7 Å². The molecule has 2 aromatic carbocycles. The van der Waals surface area contributed by atoms with Crippen LogP contribution in [0.3, 0.4) is 0 Å². The third-order valence-corrected chi connectivity index (χ3v) is 3.73. The number of benzene rings is 2. The van der Waals surface area contributed by atoms with E-state index in [0.29, 0.717) is 10.2 Å². The molecule has 0 atom stereocenters. The minimum Gasteiger partial charge on any atom is -0.349 e. The maximum absolute atomic E-state index is 11.0. The predicted molar refractivity (Wildman–Crippen MR) is 83.0 cm³/mol. The van der Waals surface area contributed by atoms with Crippen LogP contribution in [0, 0.1) is 17.0 Å². The monoisotopic (exact) mass is 384 g/mol. The van der Waals surface area contributed by atoms with Crippen LogP contribution in [0.25, 0.3) is 0 Å². The quantitative estimate of drug-likeness (QED) is 0.585. The van der Waals surface area contributed by atoms with E-state index in [1.54, 1.807) is 12.1 Å². The Morgan fingerprint density at radius 2 is 1.84 bits per heavy atom. The van der Waals surface area contributed by atoms with Crippen molar-refractivity contribution in [2.75, 3.05) is 5.32 Å². The zero-order chi connectivity index (χ0) is 14.0. The molecule has 6 heteroatoms. The molecule has 0 heterocycles. The number of nitrogens with zero attached hydrogens (tertiary/aromatic N) is 1. The standard InChI is InChI=1S/C13H10Br2N2O2/c1-8-2-4-10(15)12(6-8)16-11-5-3-9(14)7-13(11)17(18)19/h2-7,16H,1H3. The van der Waals surface area contributed by atoms with E-state index in [9.17, 15) is 10.1 Å². The van der Waals surface area contributed by atoms with Crippen molar-refractivity contribution in [3.63, 3.8) is 0 Å². The minimum absolute atomic E-state index is 0.0304. The van der Waals surface area contributed by atoms with Crippen LogP contribution in [-0.4, -0.2) is 4.92 Å². The highest BCUT2D eigenvalue weighted by atomic mass is 79.9. The summed E-state index contributed by atoms with van der Waals surface area (Å²) in [7, 11) is 0. The maximum Gasteiger partial charge on any atom is 0.293 e. The van der Waals surface area contributed by atoms with Crippen molar-refractivity contribution in [1.29, 1.82) is 0 Å². The lowest BCUT2D eigenvalue weighted by atomic mass is 10.2. The Bertz CT molecular complexity index is 645. The van der Waals surface area contributed by atoms with Crippen molar-refractivity contribution in [2.24, 2.45) is 0 Å². The Hall–Kier alpha value is -1.40. The summed E-state index contributed by atoms with van der Waals surface area (Å²) in [5.74, 6) is 0. The summed E-state index contributed by atoms with van der Waals surface area (Å²) >= 11 is 6.66. The largest absolute Gasteiger partial charge is 0.349 e. The molecule has 0 aromatic heterocycles. The summed E-state index contributed by atoms with van der Waals surface area (Å²) in [5, 5.41) is 14.1. The number of hydrogen-bond donors (Lipinski definition) is 1. The fraction of sp³-hybridized carbons (Fsp3) is 0.0769. The van der Waals surface area contributed by atoms with Gasteiger partial charge in [-0.3, -0.25) is 10.1 Å². The number of nitro groups is 1. The molecular formula is C13H10Br2N2O2. The molecule has 2 rings (SSSR count).